The minimum absolute atomic E-state index is 0.0136. The number of allylic oxidation sites excluding steroid dienone is 2. The number of benzene rings is 1. The van der Waals surface area contributed by atoms with E-state index in [-0.39, 0.29) is 41.1 Å². The largest absolute Gasteiger partial charge is 0.481 e. The Morgan fingerprint density at radius 1 is 1.24 bits per heavy atom. The Balaban J connectivity index is 2.46. The molecule has 106 valence electrons. The first-order valence-corrected chi connectivity index (χ1v) is 6.48. The maximum Gasteiger partial charge on any atom is 0.303 e. The summed E-state index contributed by atoms with van der Waals surface area (Å²) in [6.07, 6.45) is -0.210. The fourth-order valence-corrected chi connectivity index (χ4v) is 2.48. The van der Waals surface area contributed by atoms with Crippen molar-refractivity contribution in [1.29, 1.82) is 5.26 Å². The van der Waals surface area contributed by atoms with Crippen molar-refractivity contribution in [3.63, 3.8) is 0 Å². The summed E-state index contributed by atoms with van der Waals surface area (Å²) in [5.74, 6) is -2.56. The van der Waals surface area contributed by atoms with Gasteiger partial charge in [0.25, 0.3) is 0 Å². The van der Waals surface area contributed by atoms with Crippen molar-refractivity contribution in [2.45, 2.75) is 19.8 Å². The number of nitriles is 1. The van der Waals surface area contributed by atoms with Crippen LogP contribution in [-0.4, -0.2) is 22.6 Å². The van der Waals surface area contributed by atoms with Crippen molar-refractivity contribution in [3.8, 4) is 6.07 Å². The van der Waals surface area contributed by atoms with Crippen LogP contribution >= 0.6 is 0 Å². The number of carboxylic acids is 1. The molecular weight excluding hydrogens is 270 g/mol. The second-order valence-corrected chi connectivity index (χ2v) is 4.86. The van der Waals surface area contributed by atoms with Crippen molar-refractivity contribution >= 4 is 17.5 Å². The summed E-state index contributed by atoms with van der Waals surface area (Å²) in [7, 11) is 0. The number of hydrogen-bond acceptors (Lipinski definition) is 4. The normalized spacial score (nSPS) is 15.4. The Morgan fingerprint density at radius 3 is 2.33 bits per heavy atom. The molecule has 0 spiro atoms. The van der Waals surface area contributed by atoms with Crippen LogP contribution in [0.15, 0.2) is 35.4 Å². The molecule has 2 rings (SSSR count). The third kappa shape index (κ3) is 2.61. The quantitative estimate of drug-likeness (QED) is 0.915. The van der Waals surface area contributed by atoms with Gasteiger partial charge in [0.05, 0.1) is 12.0 Å². The molecule has 0 amide bonds. The summed E-state index contributed by atoms with van der Waals surface area (Å²) in [5, 5.41) is 17.9. The van der Waals surface area contributed by atoms with Gasteiger partial charge in [-0.1, -0.05) is 24.3 Å². The molecule has 1 N–H and O–H groups in total. The van der Waals surface area contributed by atoms with Gasteiger partial charge in [0, 0.05) is 28.7 Å². The van der Waals surface area contributed by atoms with E-state index in [4.69, 9.17) is 5.11 Å². The van der Waals surface area contributed by atoms with E-state index in [1.54, 1.807) is 24.3 Å². The highest BCUT2D eigenvalue weighted by molar-refractivity contribution is 6.27. The summed E-state index contributed by atoms with van der Waals surface area (Å²) >= 11 is 0. The van der Waals surface area contributed by atoms with Crippen molar-refractivity contribution in [2.24, 2.45) is 5.92 Å². The Labute approximate surface area is 121 Å². The van der Waals surface area contributed by atoms with Crippen LogP contribution in [0.1, 0.15) is 40.5 Å². The molecule has 0 aliphatic heterocycles. The number of aliphatic carboxylic acids is 1. The zero-order chi connectivity index (χ0) is 15.6. The lowest BCUT2D eigenvalue weighted by molar-refractivity contribution is -0.137. The van der Waals surface area contributed by atoms with E-state index in [0.717, 1.165) is 0 Å². The highest BCUT2D eigenvalue weighted by atomic mass is 16.4. The van der Waals surface area contributed by atoms with Gasteiger partial charge in [-0.25, -0.2) is 0 Å². The summed E-state index contributed by atoms with van der Waals surface area (Å²) in [6, 6.07) is 8.40. The maximum atomic E-state index is 12.5. The van der Waals surface area contributed by atoms with Gasteiger partial charge in [-0.2, -0.15) is 5.26 Å². The van der Waals surface area contributed by atoms with Crippen LogP contribution in [0.3, 0.4) is 0 Å². The Kier molecular flexibility index (Phi) is 3.99. The molecule has 0 radical (unpaired) electrons. The average Bonchev–Trinajstić information content (AvgIpc) is 2.48. The minimum atomic E-state index is -1.04. The monoisotopic (exact) mass is 283 g/mol. The zero-order valence-corrected chi connectivity index (χ0v) is 11.4. The van der Waals surface area contributed by atoms with E-state index < -0.39 is 11.9 Å². The Bertz CT molecular complexity index is 709. The molecule has 5 heteroatoms. The maximum absolute atomic E-state index is 12.5. The molecule has 0 fully saturated rings. The number of nitrogens with zero attached hydrogens (tertiary/aromatic N) is 1. The molecule has 1 aromatic rings. The number of carboxylic acid groups (broad SMARTS) is 1. The van der Waals surface area contributed by atoms with Crippen LogP contribution < -0.4 is 0 Å². The highest BCUT2D eigenvalue weighted by Gasteiger charge is 2.33. The summed E-state index contributed by atoms with van der Waals surface area (Å²) < 4.78 is 0. The fraction of sp³-hybridized carbons (Fsp3) is 0.250. The second kappa shape index (κ2) is 5.71. The molecule has 1 unspecified atom stereocenters. The number of carbonyl (C=O) groups excluding carboxylic acids is 2. The molecule has 1 atom stereocenters. The third-order valence-electron chi connectivity index (χ3n) is 3.56. The van der Waals surface area contributed by atoms with Crippen LogP contribution in [0.2, 0.25) is 0 Å². The first kappa shape index (κ1) is 14.7. The molecule has 21 heavy (non-hydrogen) atoms. The lowest BCUT2D eigenvalue weighted by atomic mass is 9.78. The average molecular weight is 283 g/mol. The first-order chi connectivity index (χ1) is 9.97. The zero-order valence-electron chi connectivity index (χ0n) is 11.4. The number of rotatable bonds is 4. The third-order valence-corrected chi connectivity index (χ3v) is 3.56. The molecule has 1 aromatic carbocycles. The van der Waals surface area contributed by atoms with Crippen molar-refractivity contribution in [1.82, 2.24) is 0 Å². The van der Waals surface area contributed by atoms with E-state index in [2.05, 4.69) is 0 Å². The van der Waals surface area contributed by atoms with Gasteiger partial charge >= 0.3 is 5.97 Å². The number of ketones is 2. The number of hydrogen-bond donors (Lipinski definition) is 1. The standard InChI is InChI=1S/C16H13NO4/c1-9-14(10(8-17)6-7-13(18)19)16(21)12-5-3-2-4-11(12)15(9)20/h2-5,10H,6-7H2,1H3,(H,18,19). The second-order valence-electron chi connectivity index (χ2n) is 4.86. The number of fused-ring (bicyclic) bond motifs is 1. The van der Waals surface area contributed by atoms with Crippen LogP contribution in [0, 0.1) is 17.2 Å². The van der Waals surface area contributed by atoms with Gasteiger partial charge in [-0.05, 0) is 13.3 Å². The lowest BCUT2D eigenvalue weighted by Gasteiger charge is -2.21. The van der Waals surface area contributed by atoms with E-state index in [0.29, 0.717) is 5.56 Å². The summed E-state index contributed by atoms with van der Waals surface area (Å²) in [5.41, 5.74) is 0.968. The fourth-order valence-electron chi connectivity index (χ4n) is 2.48. The number of Topliss-reactive ketones (excluding diaryl/α,β-unsaturated/α-hetero) is 2. The molecule has 0 aromatic heterocycles. The lowest BCUT2D eigenvalue weighted by Crippen LogP contribution is -2.25. The van der Waals surface area contributed by atoms with Gasteiger partial charge in [-0.15, -0.1) is 0 Å². The SMILES string of the molecule is CC1=C(C(C#N)CCC(=O)O)C(=O)c2ccccc2C1=O. The molecule has 0 saturated heterocycles. The van der Waals surface area contributed by atoms with Gasteiger partial charge in [0.2, 0.25) is 0 Å². The Morgan fingerprint density at radius 2 is 1.81 bits per heavy atom. The molecule has 0 bridgehead atoms. The van der Waals surface area contributed by atoms with Crippen LogP contribution in [-0.2, 0) is 4.79 Å². The van der Waals surface area contributed by atoms with E-state index >= 15 is 0 Å². The van der Waals surface area contributed by atoms with E-state index in [9.17, 15) is 19.6 Å². The minimum Gasteiger partial charge on any atom is -0.481 e. The molecule has 0 saturated carbocycles. The smallest absolute Gasteiger partial charge is 0.303 e. The van der Waals surface area contributed by atoms with E-state index in [1.807, 2.05) is 6.07 Å². The molecular formula is C16H13NO4. The molecule has 0 heterocycles. The summed E-state index contributed by atoms with van der Waals surface area (Å²) in [6.45, 7) is 1.51. The van der Waals surface area contributed by atoms with Crippen molar-refractivity contribution in [3.05, 3.63) is 46.5 Å². The van der Waals surface area contributed by atoms with Crippen LogP contribution in [0.25, 0.3) is 0 Å². The van der Waals surface area contributed by atoms with Crippen molar-refractivity contribution < 1.29 is 19.5 Å². The molecule has 1 aliphatic rings. The topological polar surface area (TPSA) is 95.2 Å². The van der Waals surface area contributed by atoms with E-state index in [1.165, 1.54) is 6.92 Å². The van der Waals surface area contributed by atoms with Gasteiger partial charge in [-0.3, -0.25) is 14.4 Å². The molecule has 5 nitrogen and oxygen atoms in total. The highest BCUT2D eigenvalue weighted by Crippen LogP contribution is 2.31. The molecule has 1 aliphatic carbocycles. The first-order valence-electron chi connectivity index (χ1n) is 6.48. The van der Waals surface area contributed by atoms with Crippen LogP contribution in [0.4, 0.5) is 0 Å². The van der Waals surface area contributed by atoms with Gasteiger partial charge in [0.1, 0.15) is 0 Å². The van der Waals surface area contributed by atoms with Gasteiger partial charge < -0.3 is 5.11 Å². The number of carbonyl (C=O) groups is 3. The predicted octanol–water partition coefficient (Wildman–Crippen LogP) is 2.39. The predicted molar refractivity (Wildman–Crippen MR) is 73.8 cm³/mol. The van der Waals surface area contributed by atoms with Crippen molar-refractivity contribution in [2.75, 3.05) is 0 Å². The van der Waals surface area contributed by atoms with Crippen LogP contribution in [0.5, 0.6) is 0 Å². The Hall–Kier alpha value is -2.74. The summed E-state index contributed by atoms with van der Waals surface area (Å²) in [4.78, 5) is 35.5. The van der Waals surface area contributed by atoms with Gasteiger partial charge in [0.15, 0.2) is 11.6 Å².